The fraction of sp³-hybridized carbons (Fsp3) is 0.263. The molecule has 4 nitrogen and oxygen atoms in total. The van der Waals surface area contributed by atoms with Crippen molar-refractivity contribution in [3.63, 3.8) is 0 Å². The van der Waals surface area contributed by atoms with Crippen LogP contribution in [-0.4, -0.2) is 26.7 Å². The summed E-state index contributed by atoms with van der Waals surface area (Å²) in [7, 11) is 0. The number of fused-ring (bicyclic) bond motifs is 1. The van der Waals surface area contributed by atoms with E-state index in [1.807, 2.05) is 44.2 Å². The van der Waals surface area contributed by atoms with Crippen molar-refractivity contribution < 1.29 is 9.18 Å². The molecule has 3 rings (SSSR count). The maximum atomic E-state index is 13.6. The number of nitrogens with zero attached hydrogens (tertiary/aromatic N) is 3. The molecule has 1 aromatic carbocycles. The van der Waals surface area contributed by atoms with Gasteiger partial charge < -0.3 is 4.90 Å². The molecule has 24 heavy (non-hydrogen) atoms. The van der Waals surface area contributed by atoms with E-state index in [0.29, 0.717) is 36.5 Å². The van der Waals surface area contributed by atoms with Crippen molar-refractivity contribution in [2.24, 2.45) is 0 Å². The van der Waals surface area contributed by atoms with Crippen LogP contribution in [0.1, 0.15) is 35.6 Å². The zero-order valence-electron chi connectivity index (χ0n) is 13.9. The summed E-state index contributed by atoms with van der Waals surface area (Å²) in [5.74, 6) is -0.515. The second-order valence-corrected chi connectivity index (χ2v) is 5.64. The average Bonchev–Trinajstić information content (AvgIpc) is 2.97. The highest BCUT2D eigenvalue weighted by atomic mass is 19.1. The lowest BCUT2D eigenvalue weighted by Gasteiger charge is -2.21. The molecule has 0 spiro atoms. The van der Waals surface area contributed by atoms with Gasteiger partial charge >= 0.3 is 0 Å². The van der Waals surface area contributed by atoms with Crippen LogP contribution in [0, 0.1) is 5.82 Å². The summed E-state index contributed by atoms with van der Waals surface area (Å²) in [6, 6.07) is 12.8. The third-order valence-electron chi connectivity index (χ3n) is 4.08. The average molecular weight is 325 g/mol. The molecule has 0 radical (unpaired) electrons. The maximum absolute atomic E-state index is 13.6. The van der Waals surface area contributed by atoms with Gasteiger partial charge in [0.15, 0.2) is 0 Å². The number of carbonyl (C=O) groups excluding carboxylic acids is 1. The number of pyridine rings is 1. The molecule has 124 valence electrons. The number of amides is 1. The van der Waals surface area contributed by atoms with Crippen LogP contribution in [0.25, 0.3) is 5.65 Å². The van der Waals surface area contributed by atoms with E-state index in [9.17, 15) is 9.18 Å². The van der Waals surface area contributed by atoms with Crippen molar-refractivity contribution in [2.75, 3.05) is 6.54 Å². The van der Waals surface area contributed by atoms with Gasteiger partial charge in [0.1, 0.15) is 17.2 Å². The Balaban J connectivity index is 2.01. The maximum Gasteiger partial charge on any atom is 0.273 e. The van der Waals surface area contributed by atoms with Gasteiger partial charge in [-0.3, -0.25) is 9.20 Å². The first-order valence-electron chi connectivity index (χ1n) is 8.13. The molecular weight excluding hydrogens is 305 g/mol. The summed E-state index contributed by atoms with van der Waals surface area (Å²) in [4.78, 5) is 19.3. The van der Waals surface area contributed by atoms with E-state index in [0.717, 1.165) is 5.56 Å². The van der Waals surface area contributed by atoms with Crippen LogP contribution in [-0.2, 0) is 13.0 Å². The number of aromatic nitrogens is 2. The smallest absolute Gasteiger partial charge is 0.273 e. The summed E-state index contributed by atoms with van der Waals surface area (Å²) in [6.45, 7) is 4.97. The summed E-state index contributed by atoms with van der Waals surface area (Å²) in [5.41, 5.74) is 2.79. The van der Waals surface area contributed by atoms with Crippen molar-refractivity contribution in [3.05, 3.63) is 71.4 Å². The molecule has 0 aliphatic rings. The van der Waals surface area contributed by atoms with Gasteiger partial charge in [-0.2, -0.15) is 0 Å². The lowest BCUT2D eigenvalue weighted by molar-refractivity contribution is 0.0744. The number of benzene rings is 1. The minimum absolute atomic E-state index is 0.128. The van der Waals surface area contributed by atoms with Crippen molar-refractivity contribution in [3.8, 4) is 0 Å². The predicted molar refractivity (Wildman–Crippen MR) is 91.4 cm³/mol. The minimum atomic E-state index is -0.386. The topological polar surface area (TPSA) is 37.6 Å². The van der Waals surface area contributed by atoms with Crippen molar-refractivity contribution in [1.82, 2.24) is 14.3 Å². The molecule has 0 aliphatic carbocycles. The lowest BCUT2D eigenvalue weighted by Crippen LogP contribution is -2.32. The van der Waals surface area contributed by atoms with Crippen molar-refractivity contribution in [2.45, 2.75) is 26.8 Å². The number of halogens is 1. The normalized spacial score (nSPS) is 11.0. The molecule has 0 saturated carbocycles. The van der Waals surface area contributed by atoms with Crippen LogP contribution in [0.3, 0.4) is 0 Å². The number of imidazole rings is 1. The number of rotatable bonds is 5. The van der Waals surface area contributed by atoms with Crippen LogP contribution < -0.4 is 0 Å². The fourth-order valence-corrected chi connectivity index (χ4v) is 2.82. The van der Waals surface area contributed by atoms with E-state index in [4.69, 9.17) is 0 Å². The highest BCUT2D eigenvalue weighted by Gasteiger charge is 2.23. The molecule has 0 fully saturated rings. The number of aryl methyl sites for hydroxylation is 1. The van der Waals surface area contributed by atoms with Crippen LogP contribution in [0.4, 0.5) is 4.39 Å². The van der Waals surface area contributed by atoms with E-state index >= 15 is 0 Å². The lowest BCUT2D eigenvalue weighted by atomic mass is 10.2. The quantitative estimate of drug-likeness (QED) is 0.717. The van der Waals surface area contributed by atoms with E-state index in [-0.39, 0.29) is 11.7 Å². The molecule has 0 bridgehead atoms. The second kappa shape index (κ2) is 6.83. The van der Waals surface area contributed by atoms with Gasteiger partial charge in [0.25, 0.3) is 5.91 Å². The summed E-state index contributed by atoms with van der Waals surface area (Å²) in [5, 5.41) is 0. The zero-order chi connectivity index (χ0) is 17.1. The number of carbonyl (C=O) groups is 1. The first-order valence-corrected chi connectivity index (χ1v) is 8.13. The Morgan fingerprint density at radius 3 is 2.58 bits per heavy atom. The predicted octanol–water partition coefficient (Wildman–Crippen LogP) is 3.70. The Kier molecular flexibility index (Phi) is 4.60. The van der Waals surface area contributed by atoms with Crippen LogP contribution in [0.15, 0.2) is 48.7 Å². The molecule has 2 aromatic heterocycles. The van der Waals surface area contributed by atoms with Gasteiger partial charge in [-0.1, -0.05) is 37.3 Å². The third-order valence-corrected chi connectivity index (χ3v) is 4.08. The van der Waals surface area contributed by atoms with E-state index in [1.54, 1.807) is 15.4 Å². The van der Waals surface area contributed by atoms with Crippen LogP contribution >= 0.6 is 0 Å². The Hall–Kier alpha value is -2.69. The summed E-state index contributed by atoms with van der Waals surface area (Å²) in [6.07, 6.45) is 1.94. The first-order chi connectivity index (χ1) is 11.6. The highest BCUT2D eigenvalue weighted by molar-refractivity contribution is 5.94. The Bertz CT molecular complexity index is 858. The Morgan fingerprint density at radius 1 is 1.17 bits per heavy atom. The van der Waals surface area contributed by atoms with Gasteiger partial charge in [0.2, 0.25) is 0 Å². The Morgan fingerprint density at radius 2 is 1.92 bits per heavy atom. The molecule has 0 unspecified atom stereocenters. The number of hydrogen-bond donors (Lipinski definition) is 0. The molecule has 1 amide bonds. The molecular formula is C19H20FN3O. The minimum Gasteiger partial charge on any atom is -0.333 e. The Labute approximate surface area is 140 Å². The van der Waals surface area contributed by atoms with Gasteiger partial charge in [0.05, 0.1) is 5.69 Å². The largest absolute Gasteiger partial charge is 0.333 e. The zero-order valence-corrected chi connectivity index (χ0v) is 13.9. The second-order valence-electron chi connectivity index (χ2n) is 5.64. The number of hydrogen-bond acceptors (Lipinski definition) is 2. The SMILES string of the molecule is CCc1nc2ccc(F)cn2c1C(=O)N(CC)Cc1ccccc1. The molecule has 2 heterocycles. The standard InChI is InChI=1S/C19H20FN3O/c1-3-16-18(23-13-15(20)10-11-17(23)21-16)19(24)22(4-2)12-14-8-6-5-7-9-14/h5-11,13H,3-4,12H2,1-2H3. The summed E-state index contributed by atoms with van der Waals surface area (Å²) < 4.78 is 15.2. The monoisotopic (exact) mass is 325 g/mol. The molecule has 0 N–H and O–H groups in total. The van der Waals surface area contributed by atoms with Crippen molar-refractivity contribution in [1.29, 1.82) is 0 Å². The fourth-order valence-electron chi connectivity index (χ4n) is 2.82. The van der Waals surface area contributed by atoms with Crippen LogP contribution in [0.2, 0.25) is 0 Å². The van der Waals surface area contributed by atoms with E-state index in [2.05, 4.69) is 4.98 Å². The van der Waals surface area contributed by atoms with Gasteiger partial charge in [-0.15, -0.1) is 0 Å². The van der Waals surface area contributed by atoms with Gasteiger partial charge in [-0.25, -0.2) is 9.37 Å². The summed E-state index contributed by atoms with van der Waals surface area (Å²) >= 11 is 0. The van der Waals surface area contributed by atoms with Gasteiger partial charge in [0, 0.05) is 19.3 Å². The molecule has 5 heteroatoms. The van der Waals surface area contributed by atoms with E-state index in [1.165, 1.54) is 12.3 Å². The molecule has 0 saturated heterocycles. The van der Waals surface area contributed by atoms with Crippen LogP contribution in [0.5, 0.6) is 0 Å². The first kappa shape index (κ1) is 16.2. The van der Waals surface area contributed by atoms with Crippen molar-refractivity contribution >= 4 is 11.6 Å². The third kappa shape index (κ3) is 3.02. The molecule has 3 aromatic rings. The molecule has 0 aliphatic heterocycles. The highest BCUT2D eigenvalue weighted by Crippen LogP contribution is 2.18. The molecule has 0 atom stereocenters. The van der Waals surface area contributed by atoms with E-state index < -0.39 is 0 Å². The van der Waals surface area contributed by atoms with Gasteiger partial charge in [-0.05, 0) is 31.0 Å².